The predicted molar refractivity (Wildman–Crippen MR) is 122 cm³/mol. The van der Waals surface area contributed by atoms with Crippen molar-refractivity contribution in [3.63, 3.8) is 0 Å². The molecule has 1 heterocycles. The van der Waals surface area contributed by atoms with E-state index in [0.717, 1.165) is 50.0 Å². The standard InChI is InChI=1S/C22H33N2O3S.2CH2/c1-18-8-7-11-21(16-18)28(26,27)24-14-12-19(13-15-24)17-23-22(25)20-9-5-3-2-4-6-10-20;;/h7-8,11,16,19H,2-6,9-10,12-15,17H2,1H3,(H,23,25);2*1H2. The molecule has 5 radical (unpaired) electrons. The zero-order valence-corrected chi connectivity index (χ0v) is 19.2. The van der Waals surface area contributed by atoms with E-state index >= 15 is 0 Å². The van der Waals surface area contributed by atoms with Crippen molar-refractivity contribution < 1.29 is 13.2 Å². The minimum absolute atomic E-state index is 0. The number of sulfonamides is 1. The molecule has 1 aliphatic heterocycles. The Morgan fingerprint density at radius 1 is 1.03 bits per heavy atom. The topological polar surface area (TPSA) is 66.5 Å². The molecular formula is C24H37N2O3S. The van der Waals surface area contributed by atoms with Crippen LogP contribution in [0.15, 0.2) is 29.2 Å². The summed E-state index contributed by atoms with van der Waals surface area (Å²) in [4.78, 5) is 12.9. The van der Waals surface area contributed by atoms with Crippen molar-refractivity contribution in [2.75, 3.05) is 19.6 Å². The number of nitrogens with zero attached hydrogens (tertiary/aromatic N) is 1. The molecule has 2 aliphatic rings. The Bertz CT molecular complexity index is 747. The number of rotatable bonds is 5. The van der Waals surface area contributed by atoms with E-state index in [1.807, 2.05) is 13.0 Å². The molecule has 1 saturated carbocycles. The van der Waals surface area contributed by atoms with Crippen molar-refractivity contribution in [3.05, 3.63) is 50.6 Å². The molecule has 1 N–H and O–H groups in total. The van der Waals surface area contributed by atoms with Crippen LogP contribution in [0.2, 0.25) is 0 Å². The normalized spacial score (nSPS) is 19.6. The number of hydrogen-bond donors (Lipinski definition) is 1. The number of carbonyl (C=O) groups excluding carboxylic acids is 1. The van der Waals surface area contributed by atoms with E-state index < -0.39 is 10.0 Å². The maximum absolute atomic E-state index is 12.8. The van der Waals surface area contributed by atoms with E-state index in [-0.39, 0.29) is 20.8 Å². The summed E-state index contributed by atoms with van der Waals surface area (Å²) in [6, 6.07) is 7.09. The van der Waals surface area contributed by atoms with Crippen LogP contribution in [0.5, 0.6) is 0 Å². The van der Waals surface area contributed by atoms with Gasteiger partial charge in [0.2, 0.25) is 15.9 Å². The molecule has 0 unspecified atom stereocenters. The Kier molecular flexibility index (Phi) is 11.1. The summed E-state index contributed by atoms with van der Waals surface area (Å²) in [7, 11) is -3.42. The van der Waals surface area contributed by atoms with Gasteiger partial charge in [0.05, 0.1) is 10.8 Å². The lowest BCUT2D eigenvalue weighted by Crippen LogP contribution is -2.42. The van der Waals surface area contributed by atoms with Crippen molar-refractivity contribution in [1.82, 2.24) is 9.62 Å². The van der Waals surface area contributed by atoms with E-state index in [2.05, 4.69) is 5.32 Å². The average Bonchev–Trinajstić information content (AvgIpc) is 2.66. The molecule has 2 fully saturated rings. The summed E-state index contributed by atoms with van der Waals surface area (Å²) in [5, 5.41) is 3.12. The maximum atomic E-state index is 12.8. The van der Waals surface area contributed by atoms with Crippen molar-refractivity contribution in [3.8, 4) is 0 Å². The first-order valence-electron chi connectivity index (χ1n) is 10.7. The number of benzene rings is 1. The zero-order valence-electron chi connectivity index (χ0n) is 18.4. The van der Waals surface area contributed by atoms with Crippen LogP contribution in [0.4, 0.5) is 0 Å². The molecule has 3 rings (SSSR count). The first-order valence-corrected chi connectivity index (χ1v) is 12.1. The first-order chi connectivity index (χ1) is 13.5. The largest absolute Gasteiger partial charge is 0.355 e. The van der Waals surface area contributed by atoms with Gasteiger partial charge in [-0.1, -0.05) is 59.1 Å². The summed E-state index contributed by atoms with van der Waals surface area (Å²) in [5.74, 6) is 1.53. The smallest absolute Gasteiger partial charge is 0.243 e. The van der Waals surface area contributed by atoms with Gasteiger partial charge in [0.15, 0.2) is 0 Å². The van der Waals surface area contributed by atoms with Gasteiger partial charge in [-0.2, -0.15) is 4.31 Å². The Morgan fingerprint density at radius 3 is 2.23 bits per heavy atom. The molecule has 1 aromatic carbocycles. The molecule has 167 valence electrons. The van der Waals surface area contributed by atoms with Gasteiger partial charge < -0.3 is 5.32 Å². The lowest BCUT2D eigenvalue weighted by atomic mass is 9.90. The van der Waals surface area contributed by atoms with Crippen LogP contribution in [0.1, 0.15) is 63.4 Å². The minimum atomic E-state index is -3.42. The van der Waals surface area contributed by atoms with Gasteiger partial charge >= 0.3 is 0 Å². The molecular weight excluding hydrogens is 396 g/mol. The fourth-order valence-corrected chi connectivity index (χ4v) is 5.77. The van der Waals surface area contributed by atoms with Crippen LogP contribution >= 0.6 is 0 Å². The highest BCUT2D eigenvalue weighted by molar-refractivity contribution is 7.89. The summed E-state index contributed by atoms with van der Waals surface area (Å²) in [6.07, 6.45) is 9.43. The second-order valence-corrected chi connectivity index (χ2v) is 10.2. The monoisotopic (exact) mass is 433 g/mol. The van der Waals surface area contributed by atoms with Crippen molar-refractivity contribution in [1.29, 1.82) is 0 Å². The second kappa shape index (κ2) is 12.5. The van der Waals surface area contributed by atoms with Crippen molar-refractivity contribution in [2.24, 2.45) is 5.92 Å². The lowest BCUT2D eigenvalue weighted by molar-refractivity contribution is -0.120. The number of carbonyl (C=O) groups is 1. The van der Waals surface area contributed by atoms with E-state index in [1.54, 1.807) is 22.5 Å². The molecule has 6 heteroatoms. The van der Waals surface area contributed by atoms with E-state index in [0.29, 0.717) is 30.4 Å². The minimum Gasteiger partial charge on any atom is -0.355 e. The maximum Gasteiger partial charge on any atom is 0.243 e. The van der Waals surface area contributed by atoms with Gasteiger partial charge in [0.25, 0.3) is 0 Å². The number of aryl methyl sites for hydroxylation is 1. The van der Waals surface area contributed by atoms with Gasteiger partial charge in [0.1, 0.15) is 0 Å². The SMILES string of the molecule is Cc1cccc(S(=O)(=O)N2CCC(CNC(=O)[C]3CCCCCCC3)CC2)c1.[CH2].[CH2]. The summed E-state index contributed by atoms with van der Waals surface area (Å²) in [6.45, 7) is 3.60. The first kappa shape index (κ1) is 26.6. The molecule has 0 spiro atoms. The fourth-order valence-electron chi connectivity index (χ4n) is 4.20. The summed E-state index contributed by atoms with van der Waals surface area (Å²) in [5.41, 5.74) is 0.949. The van der Waals surface area contributed by atoms with Gasteiger partial charge in [-0.25, -0.2) is 8.42 Å². The Labute approximate surface area is 184 Å². The highest BCUT2D eigenvalue weighted by atomic mass is 32.2. The van der Waals surface area contributed by atoms with Gasteiger partial charge in [-0.15, -0.1) is 0 Å². The van der Waals surface area contributed by atoms with Crippen molar-refractivity contribution in [2.45, 2.75) is 69.6 Å². The second-order valence-electron chi connectivity index (χ2n) is 8.25. The van der Waals surface area contributed by atoms with Crippen LogP contribution in [0.3, 0.4) is 0 Å². The van der Waals surface area contributed by atoms with Crippen LogP contribution in [0.25, 0.3) is 0 Å². The van der Waals surface area contributed by atoms with Crippen LogP contribution in [0, 0.1) is 33.6 Å². The van der Waals surface area contributed by atoms with E-state index in [1.165, 1.54) is 19.3 Å². The van der Waals surface area contributed by atoms with Gasteiger partial charge in [-0.05, 0) is 56.2 Å². The third kappa shape index (κ3) is 7.09. The molecule has 0 aromatic heterocycles. The molecule has 30 heavy (non-hydrogen) atoms. The molecule has 1 aromatic rings. The third-order valence-electron chi connectivity index (χ3n) is 6.03. The highest BCUT2D eigenvalue weighted by Gasteiger charge is 2.30. The molecule has 5 nitrogen and oxygen atoms in total. The molecule has 1 amide bonds. The predicted octanol–water partition coefficient (Wildman–Crippen LogP) is 4.49. The van der Waals surface area contributed by atoms with Crippen molar-refractivity contribution >= 4 is 15.9 Å². The zero-order chi connectivity index (χ0) is 20.0. The van der Waals surface area contributed by atoms with Crippen LogP contribution in [-0.4, -0.2) is 38.3 Å². The molecule has 0 atom stereocenters. The lowest BCUT2D eigenvalue weighted by Gasteiger charge is -2.31. The summed E-state index contributed by atoms with van der Waals surface area (Å²) < 4.78 is 27.3. The number of hydrogen-bond acceptors (Lipinski definition) is 3. The quantitative estimate of drug-likeness (QED) is 0.744. The Balaban J connectivity index is 0.00000225. The van der Waals surface area contributed by atoms with Gasteiger partial charge in [0, 0.05) is 19.6 Å². The third-order valence-corrected chi connectivity index (χ3v) is 7.92. The van der Waals surface area contributed by atoms with E-state index in [4.69, 9.17) is 0 Å². The van der Waals surface area contributed by atoms with E-state index in [9.17, 15) is 13.2 Å². The summed E-state index contributed by atoms with van der Waals surface area (Å²) >= 11 is 0. The van der Waals surface area contributed by atoms with Crippen LogP contribution in [-0.2, 0) is 14.8 Å². The number of piperidine rings is 1. The fraction of sp³-hybridized carbons (Fsp3) is 0.583. The molecule has 1 saturated heterocycles. The molecule has 0 bridgehead atoms. The van der Waals surface area contributed by atoms with Gasteiger partial charge in [-0.3, -0.25) is 4.79 Å². The number of nitrogens with one attached hydrogen (secondary N) is 1. The highest BCUT2D eigenvalue weighted by Crippen LogP contribution is 2.26. The molecule has 1 aliphatic carbocycles. The Hall–Kier alpha value is -1.40. The Morgan fingerprint density at radius 2 is 1.63 bits per heavy atom. The average molecular weight is 434 g/mol. The number of amides is 1. The van der Waals surface area contributed by atoms with Crippen LogP contribution < -0.4 is 5.32 Å².